The molecule has 2 amide bonds. The van der Waals surface area contributed by atoms with Gasteiger partial charge in [0.1, 0.15) is 11.4 Å². The summed E-state index contributed by atoms with van der Waals surface area (Å²) in [5, 5.41) is 4.06. The van der Waals surface area contributed by atoms with Crippen LogP contribution in [0.4, 0.5) is 11.4 Å². The molecule has 0 unspecified atom stereocenters. The lowest BCUT2D eigenvalue weighted by Gasteiger charge is -2.16. The van der Waals surface area contributed by atoms with Crippen molar-refractivity contribution in [3.05, 3.63) is 93.6 Å². The molecule has 7 heteroatoms. The van der Waals surface area contributed by atoms with E-state index in [1.807, 2.05) is 31.2 Å². The number of ether oxygens (including phenoxy) is 1. The van der Waals surface area contributed by atoms with Crippen LogP contribution in [0.3, 0.4) is 0 Å². The third-order valence-electron chi connectivity index (χ3n) is 4.93. The van der Waals surface area contributed by atoms with Gasteiger partial charge in [-0.15, -0.1) is 0 Å². The number of halogens is 2. The van der Waals surface area contributed by atoms with Gasteiger partial charge in [-0.2, -0.15) is 0 Å². The van der Waals surface area contributed by atoms with Crippen LogP contribution in [0.5, 0.6) is 5.75 Å². The van der Waals surface area contributed by atoms with Crippen molar-refractivity contribution in [1.82, 2.24) is 0 Å². The molecule has 4 rings (SSSR count). The molecule has 3 aromatic rings. The maximum atomic E-state index is 13.4. The second-order valence-corrected chi connectivity index (χ2v) is 7.88. The largest absolute Gasteiger partial charge is 0.495 e. The van der Waals surface area contributed by atoms with Gasteiger partial charge in [0.05, 0.1) is 24.1 Å². The maximum Gasteiger partial charge on any atom is 0.282 e. The van der Waals surface area contributed by atoms with E-state index in [4.69, 9.17) is 27.9 Å². The normalized spacial score (nSPS) is 13.7. The summed E-state index contributed by atoms with van der Waals surface area (Å²) in [6.45, 7) is 1.95. The van der Waals surface area contributed by atoms with E-state index in [1.54, 1.807) is 42.5 Å². The van der Waals surface area contributed by atoms with Crippen molar-refractivity contribution >= 4 is 52.0 Å². The Labute approximate surface area is 189 Å². The van der Waals surface area contributed by atoms with Crippen molar-refractivity contribution in [3.8, 4) is 5.75 Å². The number of carbonyl (C=O) groups excluding carboxylic acids is 2. The van der Waals surface area contributed by atoms with E-state index < -0.39 is 11.8 Å². The molecule has 3 aromatic carbocycles. The van der Waals surface area contributed by atoms with Crippen molar-refractivity contribution in [2.75, 3.05) is 17.3 Å². The zero-order chi connectivity index (χ0) is 22.1. The zero-order valence-electron chi connectivity index (χ0n) is 16.8. The number of benzene rings is 3. The summed E-state index contributed by atoms with van der Waals surface area (Å²) < 4.78 is 5.39. The number of imide groups is 1. The minimum Gasteiger partial charge on any atom is -0.495 e. The Hall–Kier alpha value is -3.28. The van der Waals surface area contributed by atoms with Crippen LogP contribution in [0.25, 0.3) is 5.57 Å². The van der Waals surface area contributed by atoms with Crippen LogP contribution in [0, 0.1) is 6.92 Å². The maximum absolute atomic E-state index is 13.4. The molecular weight excluding hydrogens is 435 g/mol. The molecule has 0 saturated heterocycles. The summed E-state index contributed by atoms with van der Waals surface area (Å²) in [5.74, 6) is -0.421. The minimum absolute atomic E-state index is 0.143. The number of rotatable bonds is 5. The molecule has 0 radical (unpaired) electrons. The molecule has 0 aromatic heterocycles. The van der Waals surface area contributed by atoms with E-state index in [-0.39, 0.29) is 11.3 Å². The first kappa shape index (κ1) is 21.0. The van der Waals surface area contributed by atoms with Gasteiger partial charge in [-0.1, -0.05) is 53.0 Å². The van der Waals surface area contributed by atoms with Crippen LogP contribution < -0.4 is 15.0 Å². The summed E-state index contributed by atoms with van der Waals surface area (Å²) in [7, 11) is 1.52. The van der Waals surface area contributed by atoms with Gasteiger partial charge in [0, 0.05) is 10.0 Å². The Morgan fingerprint density at radius 1 is 0.839 bits per heavy atom. The third kappa shape index (κ3) is 4.02. The van der Waals surface area contributed by atoms with Crippen LogP contribution in [0.1, 0.15) is 11.1 Å². The average molecular weight is 453 g/mol. The van der Waals surface area contributed by atoms with E-state index in [2.05, 4.69) is 5.32 Å². The standard InChI is InChI=1S/C24H18Cl2N2O3/c1-14-3-5-15(6-4-14)21-22(27-19-13-17(26)9-12-20(19)31-2)24(30)28(23(21)29)18-10-7-16(25)8-11-18/h3-13,27H,1-2H3. The van der Waals surface area contributed by atoms with Gasteiger partial charge in [-0.05, 0) is 55.0 Å². The molecule has 1 N–H and O–H groups in total. The number of methoxy groups -OCH3 is 1. The van der Waals surface area contributed by atoms with Gasteiger partial charge in [0.25, 0.3) is 11.8 Å². The fourth-order valence-corrected chi connectivity index (χ4v) is 3.67. The van der Waals surface area contributed by atoms with Gasteiger partial charge in [-0.25, -0.2) is 4.90 Å². The Balaban J connectivity index is 1.85. The summed E-state index contributed by atoms with van der Waals surface area (Å²) >= 11 is 12.1. The van der Waals surface area contributed by atoms with Crippen LogP contribution in [-0.2, 0) is 9.59 Å². The van der Waals surface area contributed by atoms with Crippen molar-refractivity contribution in [2.45, 2.75) is 6.92 Å². The molecule has 5 nitrogen and oxygen atoms in total. The molecule has 1 aliphatic rings. The van der Waals surface area contributed by atoms with E-state index in [0.29, 0.717) is 32.7 Å². The molecule has 0 atom stereocenters. The third-order valence-corrected chi connectivity index (χ3v) is 5.42. The predicted molar refractivity (Wildman–Crippen MR) is 124 cm³/mol. The zero-order valence-corrected chi connectivity index (χ0v) is 18.3. The Morgan fingerprint density at radius 2 is 1.48 bits per heavy atom. The second kappa shape index (κ2) is 8.46. The highest BCUT2D eigenvalue weighted by Gasteiger charge is 2.40. The predicted octanol–water partition coefficient (Wildman–Crippen LogP) is 5.71. The first-order valence-corrected chi connectivity index (χ1v) is 10.2. The molecule has 1 aliphatic heterocycles. The van der Waals surface area contributed by atoms with E-state index >= 15 is 0 Å². The van der Waals surface area contributed by atoms with Gasteiger partial charge in [0.2, 0.25) is 0 Å². The van der Waals surface area contributed by atoms with E-state index in [1.165, 1.54) is 7.11 Å². The fraction of sp³-hybridized carbons (Fsp3) is 0.0833. The molecule has 156 valence electrons. The highest BCUT2D eigenvalue weighted by Crippen LogP contribution is 2.36. The highest BCUT2D eigenvalue weighted by atomic mass is 35.5. The first-order valence-electron chi connectivity index (χ1n) is 9.45. The van der Waals surface area contributed by atoms with Gasteiger partial charge < -0.3 is 10.1 Å². The summed E-state index contributed by atoms with van der Waals surface area (Å²) in [6.07, 6.45) is 0. The number of nitrogens with zero attached hydrogens (tertiary/aromatic N) is 1. The lowest BCUT2D eigenvalue weighted by atomic mass is 10.0. The van der Waals surface area contributed by atoms with Gasteiger partial charge in [-0.3, -0.25) is 9.59 Å². The summed E-state index contributed by atoms with van der Waals surface area (Å²) in [4.78, 5) is 28.0. The van der Waals surface area contributed by atoms with E-state index in [0.717, 1.165) is 10.5 Å². The van der Waals surface area contributed by atoms with E-state index in [9.17, 15) is 9.59 Å². The molecule has 0 fully saturated rings. The summed E-state index contributed by atoms with van der Waals surface area (Å²) in [6, 6.07) is 19.0. The fourth-order valence-electron chi connectivity index (χ4n) is 3.37. The minimum atomic E-state index is -0.482. The van der Waals surface area contributed by atoms with Crippen LogP contribution in [-0.4, -0.2) is 18.9 Å². The SMILES string of the molecule is COc1ccc(Cl)cc1NC1=C(c2ccc(C)cc2)C(=O)N(c2ccc(Cl)cc2)C1=O. The summed E-state index contributed by atoms with van der Waals surface area (Å²) in [5.41, 5.74) is 2.99. The van der Waals surface area contributed by atoms with Crippen LogP contribution in [0.15, 0.2) is 72.4 Å². The number of hydrogen-bond acceptors (Lipinski definition) is 4. The molecule has 0 saturated carbocycles. The molecule has 0 spiro atoms. The van der Waals surface area contributed by atoms with Crippen molar-refractivity contribution in [3.63, 3.8) is 0 Å². The number of aryl methyl sites for hydroxylation is 1. The van der Waals surface area contributed by atoms with Crippen molar-refractivity contribution < 1.29 is 14.3 Å². The molecule has 31 heavy (non-hydrogen) atoms. The lowest BCUT2D eigenvalue weighted by molar-refractivity contribution is -0.120. The lowest BCUT2D eigenvalue weighted by Crippen LogP contribution is -2.32. The Morgan fingerprint density at radius 3 is 2.13 bits per heavy atom. The Kier molecular flexibility index (Phi) is 5.72. The second-order valence-electron chi connectivity index (χ2n) is 7.01. The molecule has 0 bridgehead atoms. The van der Waals surface area contributed by atoms with Crippen molar-refractivity contribution in [2.24, 2.45) is 0 Å². The average Bonchev–Trinajstić information content (AvgIpc) is 2.99. The Bertz CT molecular complexity index is 1200. The first-order chi connectivity index (χ1) is 14.9. The van der Waals surface area contributed by atoms with Crippen molar-refractivity contribution in [1.29, 1.82) is 0 Å². The molecule has 0 aliphatic carbocycles. The van der Waals surface area contributed by atoms with Crippen LogP contribution >= 0.6 is 23.2 Å². The van der Waals surface area contributed by atoms with Gasteiger partial charge >= 0.3 is 0 Å². The molecule has 1 heterocycles. The number of amides is 2. The smallest absolute Gasteiger partial charge is 0.282 e. The quantitative estimate of drug-likeness (QED) is 0.503. The highest BCUT2D eigenvalue weighted by molar-refractivity contribution is 6.46. The number of anilines is 2. The number of nitrogens with one attached hydrogen (secondary N) is 1. The molecular formula is C24H18Cl2N2O3. The number of carbonyl (C=O) groups is 2. The van der Waals surface area contributed by atoms with Crippen LogP contribution in [0.2, 0.25) is 10.0 Å². The topological polar surface area (TPSA) is 58.6 Å². The van der Waals surface area contributed by atoms with Gasteiger partial charge in [0.15, 0.2) is 0 Å². The number of hydrogen-bond donors (Lipinski definition) is 1. The monoisotopic (exact) mass is 452 g/mol.